The Kier molecular flexibility index (Phi) is 3.34. The van der Waals surface area contributed by atoms with Crippen molar-refractivity contribution in [3.63, 3.8) is 0 Å². The fourth-order valence-electron chi connectivity index (χ4n) is 3.14. The molecule has 22 heavy (non-hydrogen) atoms. The van der Waals surface area contributed by atoms with Crippen molar-refractivity contribution in [2.45, 2.75) is 33.4 Å². The van der Waals surface area contributed by atoms with Gasteiger partial charge in [-0.15, -0.1) is 0 Å². The van der Waals surface area contributed by atoms with Crippen molar-refractivity contribution in [3.8, 4) is 0 Å². The lowest BCUT2D eigenvalue weighted by molar-refractivity contribution is 0.302. The molecule has 2 aliphatic carbocycles. The molecule has 3 rings (SSSR count). The molecule has 1 unspecified atom stereocenters. The Balaban J connectivity index is 2.18. The number of hydrogen-bond acceptors (Lipinski definition) is 3. The first-order valence-corrected chi connectivity index (χ1v) is 7.28. The smallest absolute Gasteiger partial charge is 0.126 e. The molecule has 6 heteroatoms. The minimum absolute atomic E-state index is 0.0661. The quantitative estimate of drug-likeness (QED) is 0.484. The highest BCUT2D eigenvalue weighted by atomic mass is 16.5. The Morgan fingerprint density at radius 1 is 1.50 bits per heavy atom. The number of methoxy groups -OCH3 is 1. The predicted molar refractivity (Wildman–Crippen MR) is 84.9 cm³/mol. The number of ether oxygens (including phenoxy) is 1. The van der Waals surface area contributed by atoms with Gasteiger partial charge in [-0.2, -0.15) is 5.10 Å². The molecule has 0 bridgehead atoms. The van der Waals surface area contributed by atoms with Crippen LogP contribution < -0.4 is 10.6 Å². The van der Waals surface area contributed by atoms with Crippen LogP contribution in [-0.4, -0.2) is 22.9 Å². The second-order valence-corrected chi connectivity index (χ2v) is 6.24. The zero-order valence-electron chi connectivity index (χ0n) is 13.2. The summed E-state index contributed by atoms with van der Waals surface area (Å²) in [4.78, 5) is 2.86. The molecule has 1 aromatic heterocycles. The summed E-state index contributed by atoms with van der Waals surface area (Å²) in [6.45, 7) is 6.82. The van der Waals surface area contributed by atoms with Crippen molar-refractivity contribution in [3.05, 3.63) is 50.7 Å². The Bertz CT molecular complexity index is 850. The molecule has 0 fully saturated rings. The van der Waals surface area contributed by atoms with Gasteiger partial charge in [0.1, 0.15) is 5.76 Å². The average Bonchev–Trinajstić information content (AvgIpc) is 3.00. The van der Waals surface area contributed by atoms with E-state index in [0.29, 0.717) is 6.54 Å². The third kappa shape index (κ3) is 2.12. The molecule has 2 aliphatic rings. The van der Waals surface area contributed by atoms with Crippen LogP contribution in [0.3, 0.4) is 0 Å². The van der Waals surface area contributed by atoms with Crippen LogP contribution >= 0.6 is 0 Å². The molecule has 1 heterocycles. The largest absolute Gasteiger partial charge is 0.496 e. The van der Waals surface area contributed by atoms with E-state index in [9.17, 15) is 0 Å². The summed E-state index contributed by atoms with van der Waals surface area (Å²) >= 11 is 0. The van der Waals surface area contributed by atoms with Crippen LogP contribution in [0.1, 0.15) is 20.8 Å². The van der Waals surface area contributed by atoms with E-state index in [0.717, 1.165) is 21.9 Å². The third-order valence-corrected chi connectivity index (χ3v) is 4.17. The molecule has 0 aromatic carbocycles. The number of fused-ring (bicyclic) bond motifs is 2. The van der Waals surface area contributed by atoms with E-state index in [1.165, 1.54) is 5.57 Å². The van der Waals surface area contributed by atoms with Crippen LogP contribution in [0.15, 0.2) is 34.8 Å². The van der Waals surface area contributed by atoms with Crippen molar-refractivity contribution in [1.82, 2.24) is 9.78 Å². The number of allylic oxidation sites excluding steroid dienone is 3. The number of aromatic nitrogens is 2. The molecule has 0 radical (unpaired) electrons. The van der Waals surface area contributed by atoms with E-state index in [1.807, 2.05) is 23.9 Å². The summed E-state index contributed by atoms with van der Waals surface area (Å²) in [5.74, 6) is 0.875. The standard InChI is InChI=1S/C16H19N5O/c1-10(19-20-17)9-21-13-7-11-14(22-4)5-6-16(2,3)15(11)12(13)8-18-21/h5-8,10H,9H2,1-4H3. The Morgan fingerprint density at radius 2 is 2.27 bits per heavy atom. The molecule has 1 aromatic rings. The van der Waals surface area contributed by atoms with E-state index in [4.69, 9.17) is 10.3 Å². The maximum atomic E-state index is 8.55. The van der Waals surface area contributed by atoms with Crippen molar-refractivity contribution in [1.29, 1.82) is 0 Å². The molecule has 1 atom stereocenters. The van der Waals surface area contributed by atoms with Gasteiger partial charge in [-0.3, -0.25) is 4.68 Å². The Labute approximate surface area is 128 Å². The van der Waals surface area contributed by atoms with Crippen molar-refractivity contribution in [2.24, 2.45) is 10.5 Å². The first-order chi connectivity index (χ1) is 10.5. The lowest BCUT2D eigenvalue weighted by atomic mass is 9.77. The highest BCUT2D eigenvalue weighted by Gasteiger charge is 2.32. The van der Waals surface area contributed by atoms with Gasteiger partial charge in [-0.05, 0) is 23.3 Å². The van der Waals surface area contributed by atoms with Gasteiger partial charge in [-0.1, -0.05) is 32.0 Å². The van der Waals surface area contributed by atoms with Crippen LogP contribution in [-0.2, 0) is 11.3 Å². The normalized spacial score (nSPS) is 19.2. The highest BCUT2D eigenvalue weighted by Crippen LogP contribution is 2.41. The number of rotatable bonds is 4. The van der Waals surface area contributed by atoms with Crippen LogP contribution in [0.25, 0.3) is 22.1 Å². The van der Waals surface area contributed by atoms with Gasteiger partial charge < -0.3 is 4.74 Å². The molecule has 6 nitrogen and oxygen atoms in total. The summed E-state index contributed by atoms with van der Waals surface area (Å²) in [5.41, 5.74) is 10.8. The van der Waals surface area contributed by atoms with Crippen LogP contribution in [0.2, 0.25) is 0 Å². The molecule has 114 valence electrons. The SMILES string of the molecule is COC1=C2C=c3c(cnn3CC(C)N=[N+]=[N-])=C2C(C)(C)C=C1. The molecular formula is C16H19N5O. The van der Waals surface area contributed by atoms with E-state index in [1.54, 1.807) is 7.11 Å². The lowest BCUT2D eigenvalue weighted by Crippen LogP contribution is -2.32. The van der Waals surface area contributed by atoms with Crippen LogP contribution in [0.5, 0.6) is 0 Å². The lowest BCUT2D eigenvalue weighted by Gasteiger charge is -2.28. The van der Waals surface area contributed by atoms with E-state index in [2.05, 4.69) is 41.1 Å². The molecular weight excluding hydrogens is 278 g/mol. The maximum Gasteiger partial charge on any atom is 0.126 e. The van der Waals surface area contributed by atoms with E-state index < -0.39 is 0 Å². The summed E-state index contributed by atoms with van der Waals surface area (Å²) in [6.07, 6.45) is 8.20. The zero-order chi connectivity index (χ0) is 15.9. The second-order valence-electron chi connectivity index (χ2n) is 6.24. The van der Waals surface area contributed by atoms with Gasteiger partial charge in [0, 0.05) is 27.7 Å². The minimum atomic E-state index is -0.142. The molecule has 0 spiro atoms. The van der Waals surface area contributed by atoms with E-state index in [-0.39, 0.29) is 11.5 Å². The van der Waals surface area contributed by atoms with E-state index >= 15 is 0 Å². The fourth-order valence-corrected chi connectivity index (χ4v) is 3.14. The van der Waals surface area contributed by atoms with Crippen LogP contribution in [0.4, 0.5) is 0 Å². The predicted octanol–water partition coefficient (Wildman–Crippen LogP) is 2.02. The van der Waals surface area contributed by atoms with Gasteiger partial charge in [-0.25, -0.2) is 0 Å². The third-order valence-electron chi connectivity index (χ3n) is 4.17. The first kappa shape index (κ1) is 14.5. The Hall–Kier alpha value is -2.46. The van der Waals surface area contributed by atoms with Crippen LogP contribution in [0, 0.1) is 5.41 Å². The average molecular weight is 297 g/mol. The Morgan fingerprint density at radius 3 is 2.95 bits per heavy atom. The first-order valence-electron chi connectivity index (χ1n) is 7.28. The number of hydrogen-bond donors (Lipinski definition) is 0. The highest BCUT2D eigenvalue weighted by molar-refractivity contribution is 5.87. The number of nitrogens with zero attached hydrogens (tertiary/aromatic N) is 5. The molecule has 0 saturated carbocycles. The molecule has 0 saturated heterocycles. The molecule has 0 aliphatic heterocycles. The topological polar surface area (TPSA) is 75.8 Å². The summed E-state index contributed by atoms with van der Waals surface area (Å²) in [5, 5.41) is 10.4. The summed E-state index contributed by atoms with van der Waals surface area (Å²) in [6, 6.07) is -0.142. The monoisotopic (exact) mass is 297 g/mol. The minimum Gasteiger partial charge on any atom is -0.496 e. The van der Waals surface area contributed by atoms with Gasteiger partial charge in [0.15, 0.2) is 0 Å². The van der Waals surface area contributed by atoms with Gasteiger partial charge in [0.25, 0.3) is 0 Å². The molecule has 0 N–H and O–H groups in total. The fraction of sp³-hybridized carbons (Fsp3) is 0.438. The molecule has 0 amide bonds. The van der Waals surface area contributed by atoms with Crippen molar-refractivity contribution in [2.75, 3.05) is 7.11 Å². The zero-order valence-corrected chi connectivity index (χ0v) is 13.2. The van der Waals surface area contributed by atoms with Crippen molar-refractivity contribution >= 4 is 11.6 Å². The van der Waals surface area contributed by atoms with Gasteiger partial charge in [0.2, 0.25) is 0 Å². The second kappa shape index (κ2) is 5.07. The van der Waals surface area contributed by atoms with Crippen molar-refractivity contribution < 1.29 is 4.74 Å². The number of azide groups is 1. The maximum absolute atomic E-state index is 8.55. The van der Waals surface area contributed by atoms with Gasteiger partial charge >= 0.3 is 0 Å². The summed E-state index contributed by atoms with van der Waals surface area (Å²) in [7, 11) is 1.69. The summed E-state index contributed by atoms with van der Waals surface area (Å²) < 4.78 is 7.40. The van der Waals surface area contributed by atoms with Gasteiger partial charge in [0.05, 0.1) is 24.7 Å².